The molecule has 4 nitrogen and oxygen atoms in total. The number of rotatable bonds is 3. The molecule has 0 spiro atoms. The fraction of sp³-hybridized carbons (Fsp3) is 0.231. The van der Waals surface area contributed by atoms with Crippen molar-refractivity contribution in [3.8, 4) is 5.75 Å². The molecular formula is C13H12ClNO3. The van der Waals surface area contributed by atoms with Gasteiger partial charge in [0.05, 0.1) is 15.9 Å². The van der Waals surface area contributed by atoms with Gasteiger partial charge in [-0.05, 0) is 31.5 Å². The van der Waals surface area contributed by atoms with Gasteiger partial charge in [0.25, 0.3) is 0 Å². The van der Waals surface area contributed by atoms with Crippen LogP contribution in [0, 0.1) is 6.92 Å². The van der Waals surface area contributed by atoms with Gasteiger partial charge in [0.1, 0.15) is 5.75 Å². The van der Waals surface area contributed by atoms with E-state index in [2.05, 4.69) is 4.98 Å². The number of ether oxygens (including phenoxy) is 1. The van der Waals surface area contributed by atoms with Crippen molar-refractivity contribution in [1.82, 2.24) is 4.98 Å². The first-order valence-corrected chi connectivity index (χ1v) is 5.82. The molecule has 0 saturated carbocycles. The smallest absolute Gasteiger partial charge is 0.344 e. The topological polar surface area (TPSA) is 59.4 Å². The van der Waals surface area contributed by atoms with E-state index in [1.807, 2.05) is 13.0 Å². The van der Waals surface area contributed by atoms with E-state index < -0.39 is 12.1 Å². The van der Waals surface area contributed by atoms with E-state index in [-0.39, 0.29) is 0 Å². The zero-order valence-corrected chi connectivity index (χ0v) is 10.7. The maximum absolute atomic E-state index is 10.8. The number of pyridine rings is 1. The van der Waals surface area contributed by atoms with Crippen LogP contribution in [0.3, 0.4) is 0 Å². The summed E-state index contributed by atoms with van der Waals surface area (Å²) in [5, 5.41) is 10.0. The van der Waals surface area contributed by atoms with Gasteiger partial charge >= 0.3 is 5.97 Å². The van der Waals surface area contributed by atoms with Gasteiger partial charge in [-0.1, -0.05) is 17.7 Å². The van der Waals surface area contributed by atoms with Gasteiger partial charge in [0, 0.05) is 6.20 Å². The van der Waals surface area contributed by atoms with Gasteiger partial charge in [-0.25, -0.2) is 4.79 Å². The minimum atomic E-state index is -1.02. The summed E-state index contributed by atoms with van der Waals surface area (Å²) >= 11 is 6.13. The summed E-state index contributed by atoms with van der Waals surface area (Å²) in [6.07, 6.45) is 0.641. The van der Waals surface area contributed by atoms with E-state index in [0.717, 1.165) is 11.1 Å². The van der Waals surface area contributed by atoms with Crippen LogP contribution in [0.5, 0.6) is 5.75 Å². The van der Waals surface area contributed by atoms with Crippen molar-refractivity contribution in [2.24, 2.45) is 0 Å². The second-order valence-corrected chi connectivity index (χ2v) is 4.40. The number of halogens is 1. The summed E-state index contributed by atoms with van der Waals surface area (Å²) in [6, 6.07) is 5.23. The van der Waals surface area contributed by atoms with Crippen LogP contribution in [-0.4, -0.2) is 22.2 Å². The summed E-state index contributed by atoms with van der Waals surface area (Å²) in [5.41, 5.74) is 1.68. The number of benzene rings is 1. The van der Waals surface area contributed by atoms with E-state index in [9.17, 15) is 4.79 Å². The molecule has 1 atom stereocenters. The van der Waals surface area contributed by atoms with Crippen LogP contribution in [0.2, 0.25) is 5.02 Å². The number of hydrogen-bond donors (Lipinski definition) is 1. The largest absolute Gasteiger partial charge is 0.479 e. The van der Waals surface area contributed by atoms with Crippen LogP contribution in [0.1, 0.15) is 12.5 Å². The molecule has 18 heavy (non-hydrogen) atoms. The number of aliphatic carboxylic acids is 1. The average molecular weight is 266 g/mol. The first kappa shape index (κ1) is 12.6. The van der Waals surface area contributed by atoms with Gasteiger partial charge in [-0.15, -0.1) is 0 Å². The molecule has 0 radical (unpaired) electrons. The Morgan fingerprint density at radius 3 is 2.83 bits per heavy atom. The summed E-state index contributed by atoms with van der Waals surface area (Å²) in [7, 11) is 0. The van der Waals surface area contributed by atoms with Crippen molar-refractivity contribution in [2.45, 2.75) is 20.0 Å². The highest BCUT2D eigenvalue weighted by molar-refractivity contribution is 6.36. The average Bonchev–Trinajstić information content (AvgIpc) is 2.34. The van der Waals surface area contributed by atoms with Crippen LogP contribution in [0.25, 0.3) is 10.9 Å². The van der Waals surface area contributed by atoms with Crippen molar-refractivity contribution < 1.29 is 14.6 Å². The third-order valence-electron chi connectivity index (χ3n) is 2.66. The lowest BCUT2D eigenvalue weighted by atomic mass is 10.1. The lowest BCUT2D eigenvalue weighted by Gasteiger charge is -2.13. The summed E-state index contributed by atoms with van der Waals surface area (Å²) in [6.45, 7) is 3.38. The molecule has 1 aromatic heterocycles. The standard InChI is InChI=1S/C13H12ClNO3/c1-7-3-4-9(14)11-10(5-6-15-12(7)11)18-8(2)13(16)17/h3-6,8H,1-2H3,(H,16,17). The molecule has 0 aliphatic heterocycles. The van der Waals surface area contributed by atoms with E-state index in [4.69, 9.17) is 21.4 Å². The van der Waals surface area contributed by atoms with Crippen molar-refractivity contribution in [1.29, 1.82) is 0 Å². The summed E-state index contributed by atoms with van der Waals surface area (Å²) < 4.78 is 5.40. The normalized spacial score (nSPS) is 12.4. The second-order valence-electron chi connectivity index (χ2n) is 4.00. The van der Waals surface area contributed by atoms with Crippen molar-refractivity contribution >= 4 is 28.5 Å². The van der Waals surface area contributed by atoms with E-state index in [0.29, 0.717) is 16.2 Å². The Balaban J connectivity index is 2.58. The zero-order chi connectivity index (χ0) is 13.3. The molecule has 2 aromatic rings. The molecule has 2 rings (SSSR count). The molecule has 1 aromatic carbocycles. The number of aromatic nitrogens is 1. The fourth-order valence-electron chi connectivity index (χ4n) is 1.67. The highest BCUT2D eigenvalue weighted by atomic mass is 35.5. The Bertz CT molecular complexity index is 612. The molecule has 94 valence electrons. The molecular weight excluding hydrogens is 254 g/mol. The minimum absolute atomic E-state index is 0.434. The number of hydrogen-bond acceptors (Lipinski definition) is 3. The van der Waals surface area contributed by atoms with Crippen LogP contribution in [0.4, 0.5) is 0 Å². The molecule has 0 saturated heterocycles. The maximum Gasteiger partial charge on any atom is 0.344 e. The highest BCUT2D eigenvalue weighted by Crippen LogP contribution is 2.33. The minimum Gasteiger partial charge on any atom is -0.479 e. The van der Waals surface area contributed by atoms with Crippen LogP contribution in [0.15, 0.2) is 24.4 Å². The van der Waals surface area contributed by atoms with Gasteiger partial charge in [-0.3, -0.25) is 4.98 Å². The lowest BCUT2D eigenvalue weighted by Crippen LogP contribution is -2.23. The van der Waals surface area contributed by atoms with Crippen molar-refractivity contribution in [3.63, 3.8) is 0 Å². The molecule has 0 fully saturated rings. The Kier molecular flexibility index (Phi) is 3.39. The van der Waals surface area contributed by atoms with E-state index in [1.165, 1.54) is 6.92 Å². The molecule has 0 aliphatic carbocycles. The van der Waals surface area contributed by atoms with Gasteiger partial charge in [0.15, 0.2) is 6.10 Å². The lowest BCUT2D eigenvalue weighted by molar-refractivity contribution is -0.144. The molecule has 1 unspecified atom stereocenters. The number of carboxylic acids is 1. The predicted molar refractivity (Wildman–Crippen MR) is 69.2 cm³/mol. The Hall–Kier alpha value is -1.81. The van der Waals surface area contributed by atoms with Crippen LogP contribution < -0.4 is 4.74 Å². The number of aryl methyl sites for hydroxylation is 1. The molecule has 1 heterocycles. The number of fused-ring (bicyclic) bond motifs is 1. The SMILES string of the molecule is Cc1ccc(Cl)c2c(OC(C)C(=O)O)ccnc12. The monoisotopic (exact) mass is 265 g/mol. The maximum atomic E-state index is 10.8. The van der Waals surface area contributed by atoms with Gasteiger partial charge in [-0.2, -0.15) is 0 Å². The molecule has 0 aliphatic rings. The second kappa shape index (κ2) is 4.82. The summed E-state index contributed by atoms with van der Waals surface area (Å²) in [5.74, 6) is -0.590. The Morgan fingerprint density at radius 2 is 2.17 bits per heavy atom. The van der Waals surface area contributed by atoms with Gasteiger partial charge in [0.2, 0.25) is 0 Å². The number of carbonyl (C=O) groups is 1. The fourth-order valence-corrected chi connectivity index (χ4v) is 1.92. The first-order valence-electron chi connectivity index (χ1n) is 5.44. The van der Waals surface area contributed by atoms with Crippen molar-refractivity contribution in [2.75, 3.05) is 0 Å². The van der Waals surface area contributed by atoms with Crippen molar-refractivity contribution in [3.05, 3.63) is 35.0 Å². The summed E-state index contributed by atoms with van der Waals surface area (Å²) in [4.78, 5) is 15.1. The van der Waals surface area contributed by atoms with Crippen LogP contribution in [-0.2, 0) is 4.79 Å². The molecule has 0 bridgehead atoms. The zero-order valence-electron chi connectivity index (χ0n) is 9.98. The highest BCUT2D eigenvalue weighted by Gasteiger charge is 2.16. The van der Waals surface area contributed by atoms with E-state index >= 15 is 0 Å². The number of carboxylic acid groups (broad SMARTS) is 1. The number of nitrogens with zero attached hydrogens (tertiary/aromatic N) is 1. The molecule has 5 heteroatoms. The molecule has 1 N–H and O–H groups in total. The van der Waals surface area contributed by atoms with Gasteiger partial charge < -0.3 is 9.84 Å². The molecule has 0 amide bonds. The Labute approximate surface area is 109 Å². The third-order valence-corrected chi connectivity index (χ3v) is 2.97. The Morgan fingerprint density at radius 1 is 1.44 bits per heavy atom. The first-order chi connectivity index (χ1) is 8.50. The predicted octanol–water partition coefficient (Wildman–Crippen LogP) is 3.05. The quantitative estimate of drug-likeness (QED) is 0.927. The van der Waals surface area contributed by atoms with E-state index in [1.54, 1.807) is 18.3 Å². The third kappa shape index (κ3) is 2.24. The van der Waals surface area contributed by atoms with Crippen LogP contribution >= 0.6 is 11.6 Å².